The van der Waals surface area contributed by atoms with E-state index in [1.165, 1.54) is 5.56 Å². The second-order valence-corrected chi connectivity index (χ2v) is 6.05. The van der Waals surface area contributed by atoms with Crippen LogP contribution in [0.5, 0.6) is 0 Å². The molecule has 0 aliphatic rings. The van der Waals surface area contributed by atoms with Crippen molar-refractivity contribution in [2.75, 3.05) is 5.32 Å². The summed E-state index contributed by atoms with van der Waals surface area (Å²) in [7, 11) is 0. The van der Waals surface area contributed by atoms with E-state index < -0.39 is 0 Å². The Morgan fingerprint density at radius 3 is 2.40 bits per heavy atom. The van der Waals surface area contributed by atoms with Gasteiger partial charge in [0.05, 0.1) is 0 Å². The van der Waals surface area contributed by atoms with Crippen LogP contribution in [-0.4, -0.2) is 25.0 Å². The molecule has 0 saturated carbocycles. The number of carbonyl (C=O) groups is 1. The molecule has 0 radical (unpaired) electrons. The smallest absolute Gasteiger partial charge is 0.246 e. The number of hydrogen-bond donors (Lipinski definition) is 1. The number of hydrogen-bond acceptors (Lipinski definition) is 3. The van der Waals surface area contributed by atoms with Crippen molar-refractivity contribution < 1.29 is 4.79 Å². The average molecular weight is 355 g/mol. The average Bonchev–Trinajstić information content (AvgIpc) is 3.24. The zero-order valence-corrected chi connectivity index (χ0v) is 15.2. The van der Waals surface area contributed by atoms with Crippen molar-refractivity contribution in [2.45, 2.75) is 33.2 Å². The second-order valence-electron chi connectivity index (χ2n) is 5.68. The molecule has 0 spiro atoms. The van der Waals surface area contributed by atoms with Crippen LogP contribution in [0, 0.1) is 4.77 Å². The van der Waals surface area contributed by atoms with Gasteiger partial charge in [-0.25, -0.2) is 9.36 Å². The SMILES string of the molecule is CCc1ccc(NC(=O)Cn2nc(CC)n(-n3cccc3)c2=S)cc1. The highest BCUT2D eigenvalue weighted by molar-refractivity contribution is 7.71. The molecule has 0 fully saturated rings. The van der Waals surface area contributed by atoms with E-state index >= 15 is 0 Å². The summed E-state index contributed by atoms with van der Waals surface area (Å²) >= 11 is 5.51. The molecule has 2 aromatic heterocycles. The third-order valence-corrected chi connectivity index (χ3v) is 4.34. The van der Waals surface area contributed by atoms with E-state index in [9.17, 15) is 4.79 Å². The minimum Gasteiger partial charge on any atom is -0.324 e. The summed E-state index contributed by atoms with van der Waals surface area (Å²) in [5.74, 6) is 0.654. The number of aromatic nitrogens is 4. The number of nitrogens with one attached hydrogen (secondary N) is 1. The monoisotopic (exact) mass is 355 g/mol. The third kappa shape index (κ3) is 3.71. The van der Waals surface area contributed by atoms with Crippen molar-refractivity contribution in [1.29, 1.82) is 0 Å². The number of carbonyl (C=O) groups excluding carboxylic acids is 1. The molecular formula is C18H21N5OS. The Kier molecular flexibility index (Phi) is 5.14. The van der Waals surface area contributed by atoms with Gasteiger partial charge in [0.25, 0.3) is 0 Å². The highest BCUT2D eigenvalue weighted by Crippen LogP contribution is 2.10. The Morgan fingerprint density at radius 2 is 1.80 bits per heavy atom. The van der Waals surface area contributed by atoms with E-state index in [1.807, 2.05) is 65.1 Å². The molecule has 0 unspecified atom stereocenters. The molecule has 0 aliphatic heterocycles. The summed E-state index contributed by atoms with van der Waals surface area (Å²) in [6.45, 7) is 4.19. The van der Waals surface area contributed by atoms with Crippen LogP contribution in [0.25, 0.3) is 0 Å². The number of amides is 1. The van der Waals surface area contributed by atoms with Gasteiger partial charge < -0.3 is 5.32 Å². The van der Waals surface area contributed by atoms with Gasteiger partial charge in [-0.15, -0.1) is 0 Å². The summed E-state index contributed by atoms with van der Waals surface area (Å²) in [6.07, 6.45) is 5.49. The van der Waals surface area contributed by atoms with Crippen molar-refractivity contribution in [1.82, 2.24) is 19.1 Å². The van der Waals surface area contributed by atoms with Crippen molar-refractivity contribution >= 4 is 23.8 Å². The molecular weight excluding hydrogens is 334 g/mol. The van der Waals surface area contributed by atoms with Crippen LogP contribution in [0.1, 0.15) is 25.2 Å². The van der Waals surface area contributed by atoms with Gasteiger partial charge >= 0.3 is 0 Å². The molecule has 1 amide bonds. The molecule has 1 N–H and O–H groups in total. The lowest BCUT2D eigenvalue weighted by Crippen LogP contribution is -2.20. The molecule has 2 heterocycles. The Morgan fingerprint density at radius 1 is 1.12 bits per heavy atom. The maximum atomic E-state index is 12.3. The first-order valence-corrected chi connectivity index (χ1v) is 8.74. The second kappa shape index (κ2) is 7.48. The Hall–Kier alpha value is -2.67. The quantitative estimate of drug-likeness (QED) is 0.690. The maximum Gasteiger partial charge on any atom is 0.246 e. The summed E-state index contributed by atoms with van der Waals surface area (Å²) in [6, 6.07) is 11.7. The number of aryl methyl sites for hydroxylation is 2. The summed E-state index contributed by atoms with van der Waals surface area (Å²) < 4.78 is 5.75. The topological polar surface area (TPSA) is 56.8 Å². The molecule has 25 heavy (non-hydrogen) atoms. The van der Waals surface area contributed by atoms with Crippen molar-refractivity contribution in [3.8, 4) is 0 Å². The van der Waals surface area contributed by atoms with Crippen molar-refractivity contribution in [3.05, 3.63) is 65.0 Å². The molecule has 6 nitrogen and oxygen atoms in total. The predicted octanol–water partition coefficient (Wildman–Crippen LogP) is 3.29. The standard InChI is InChI=1S/C18H21N5OS/c1-3-14-7-9-15(10-8-14)19-17(24)13-22-18(25)23(16(4-2)20-22)21-11-5-6-12-21/h5-12H,3-4,13H2,1-2H3,(H,19,24). The normalized spacial score (nSPS) is 10.8. The van der Waals surface area contributed by atoms with Gasteiger partial charge in [-0.05, 0) is 48.5 Å². The molecule has 130 valence electrons. The van der Waals surface area contributed by atoms with Crippen molar-refractivity contribution in [3.63, 3.8) is 0 Å². The fourth-order valence-corrected chi connectivity index (χ4v) is 2.92. The lowest BCUT2D eigenvalue weighted by Gasteiger charge is -2.07. The molecule has 3 rings (SSSR count). The molecule has 0 aliphatic carbocycles. The largest absolute Gasteiger partial charge is 0.324 e. The number of nitrogens with zero attached hydrogens (tertiary/aromatic N) is 4. The molecule has 7 heteroatoms. The van der Waals surface area contributed by atoms with Gasteiger partial charge in [0.1, 0.15) is 6.54 Å². The minimum absolute atomic E-state index is 0.0790. The number of rotatable bonds is 6. The first-order valence-electron chi connectivity index (χ1n) is 8.33. The molecule has 0 saturated heterocycles. The highest BCUT2D eigenvalue weighted by atomic mass is 32.1. The van der Waals surface area contributed by atoms with Gasteiger partial charge in [0.15, 0.2) is 5.82 Å². The fourth-order valence-electron chi connectivity index (χ4n) is 2.62. The van der Waals surface area contributed by atoms with E-state index in [2.05, 4.69) is 17.3 Å². The van der Waals surface area contributed by atoms with Gasteiger partial charge in [-0.2, -0.15) is 5.10 Å². The number of anilines is 1. The Bertz CT molecular complexity index is 906. The van der Waals surface area contributed by atoms with Crippen molar-refractivity contribution in [2.24, 2.45) is 0 Å². The lowest BCUT2D eigenvalue weighted by atomic mass is 10.1. The lowest BCUT2D eigenvalue weighted by molar-refractivity contribution is -0.116. The van der Waals surface area contributed by atoms with E-state index in [4.69, 9.17) is 12.2 Å². The van der Waals surface area contributed by atoms with E-state index in [0.29, 0.717) is 4.77 Å². The van der Waals surface area contributed by atoms with Gasteiger partial charge in [0, 0.05) is 24.5 Å². The van der Waals surface area contributed by atoms with Gasteiger partial charge in [0.2, 0.25) is 10.7 Å². The first-order chi connectivity index (χ1) is 12.1. The van der Waals surface area contributed by atoms with Gasteiger partial charge in [-0.3, -0.25) is 9.47 Å². The van der Waals surface area contributed by atoms with Crippen LogP contribution in [0.2, 0.25) is 0 Å². The Balaban J connectivity index is 1.78. The van der Waals surface area contributed by atoms with Crippen LogP contribution in [0.4, 0.5) is 5.69 Å². The summed E-state index contributed by atoms with van der Waals surface area (Å²) in [5, 5.41) is 7.38. The van der Waals surface area contributed by atoms with E-state index in [-0.39, 0.29) is 12.5 Å². The first kappa shape index (κ1) is 17.2. The van der Waals surface area contributed by atoms with Crippen LogP contribution < -0.4 is 5.32 Å². The van der Waals surface area contributed by atoms with Gasteiger partial charge in [-0.1, -0.05) is 26.0 Å². The summed E-state index contributed by atoms with van der Waals surface area (Å²) in [5.41, 5.74) is 2.01. The third-order valence-electron chi connectivity index (χ3n) is 3.96. The Labute approximate surface area is 151 Å². The minimum atomic E-state index is -0.153. The fraction of sp³-hybridized carbons (Fsp3) is 0.278. The van der Waals surface area contributed by atoms with E-state index in [1.54, 1.807) is 4.68 Å². The zero-order valence-electron chi connectivity index (χ0n) is 14.3. The molecule has 0 atom stereocenters. The molecule has 0 bridgehead atoms. The van der Waals surface area contributed by atoms with Crippen LogP contribution in [0.15, 0.2) is 48.8 Å². The summed E-state index contributed by atoms with van der Waals surface area (Å²) in [4.78, 5) is 12.3. The van der Waals surface area contributed by atoms with Crippen LogP contribution in [0.3, 0.4) is 0 Å². The maximum absolute atomic E-state index is 12.3. The molecule has 3 aromatic rings. The van der Waals surface area contributed by atoms with Crippen LogP contribution >= 0.6 is 12.2 Å². The number of benzene rings is 1. The molecule has 1 aromatic carbocycles. The highest BCUT2D eigenvalue weighted by Gasteiger charge is 2.13. The predicted molar refractivity (Wildman–Crippen MR) is 100 cm³/mol. The van der Waals surface area contributed by atoms with Crippen LogP contribution in [-0.2, 0) is 24.2 Å². The van der Waals surface area contributed by atoms with E-state index in [0.717, 1.165) is 24.4 Å². The zero-order chi connectivity index (χ0) is 17.8.